The number of nitrogens with one attached hydrogen (secondary N) is 3. The minimum Gasteiger partial charge on any atom is -0.376 e. The van der Waals surface area contributed by atoms with Crippen LogP contribution >= 0.6 is 27.5 Å². The highest BCUT2D eigenvalue weighted by Gasteiger charge is 2.52. The van der Waals surface area contributed by atoms with Gasteiger partial charge in [0.05, 0.1) is 35.3 Å². The number of pyridine rings is 1. The Balaban J connectivity index is 1.30. The second-order valence-electron chi connectivity index (χ2n) is 9.20. The van der Waals surface area contributed by atoms with Gasteiger partial charge in [0.15, 0.2) is 0 Å². The summed E-state index contributed by atoms with van der Waals surface area (Å²) >= 11 is 9.70. The summed E-state index contributed by atoms with van der Waals surface area (Å²) in [6.45, 7) is 4.54. The van der Waals surface area contributed by atoms with Crippen molar-refractivity contribution in [3.63, 3.8) is 0 Å². The molecule has 4 aliphatic rings. The van der Waals surface area contributed by atoms with Gasteiger partial charge in [-0.05, 0) is 47.3 Å². The van der Waals surface area contributed by atoms with E-state index in [9.17, 15) is 4.79 Å². The van der Waals surface area contributed by atoms with Crippen molar-refractivity contribution in [2.45, 2.75) is 50.4 Å². The first kappa shape index (κ1) is 22.0. The number of carbonyl (C=O) groups excluding carboxylic acids is 1. The standard InChI is InChI=1S/C20H29BrClN7O2/c1-10-15(23)20(9-31-10)4-7-29(8-5-20)19-25-17-12(18(30)28(19)2)14(26-27-17)11-3-6-24-16(22)13(11)21/h3,6,10,12,14-15,17,19,25-27H,4-5,7-9,23H2,1-2H3/t10-,12?,14?,15+,17?,19?/m0/s1. The maximum absolute atomic E-state index is 13.5. The number of hydrogen-bond donors (Lipinski definition) is 4. The number of hydrogen-bond acceptors (Lipinski definition) is 8. The van der Waals surface area contributed by atoms with Crippen LogP contribution in [0, 0.1) is 11.3 Å². The number of likely N-dealkylation sites (tertiary alicyclic amines) is 1. The Kier molecular flexibility index (Phi) is 5.79. The first-order valence-corrected chi connectivity index (χ1v) is 11.9. The van der Waals surface area contributed by atoms with Gasteiger partial charge in [-0.15, -0.1) is 0 Å². The molecule has 4 saturated heterocycles. The minimum atomic E-state index is -0.301. The van der Waals surface area contributed by atoms with Gasteiger partial charge in [0.1, 0.15) is 11.4 Å². The third-order valence-corrected chi connectivity index (χ3v) is 8.99. The molecule has 0 saturated carbocycles. The number of amides is 1. The van der Waals surface area contributed by atoms with Gasteiger partial charge in [-0.1, -0.05) is 11.6 Å². The lowest BCUT2D eigenvalue weighted by Crippen LogP contribution is -2.70. The second kappa shape index (κ2) is 8.18. The van der Waals surface area contributed by atoms with Crippen LogP contribution in [-0.2, 0) is 9.53 Å². The lowest BCUT2D eigenvalue weighted by atomic mass is 9.73. The Bertz CT molecular complexity index is 868. The fourth-order valence-electron chi connectivity index (χ4n) is 5.59. The fraction of sp³-hybridized carbons (Fsp3) is 0.700. The van der Waals surface area contributed by atoms with Crippen LogP contribution in [0.4, 0.5) is 0 Å². The van der Waals surface area contributed by atoms with Crippen molar-refractivity contribution in [1.29, 1.82) is 0 Å². The zero-order valence-electron chi connectivity index (χ0n) is 17.6. The average molecular weight is 515 g/mol. The monoisotopic (exact) mass is 513 g/mol. The van der Waals surface area contributed by atoms with Crippen LogP contribution in [0.15, 0.2) is 16.7 Å². The number of fused-ring (bicyclic) bond motifs is 1. The van der Waals surface area contributed by atoms with Crippen molar-refractivity contribution in [2.24, 2.45) is 17.1 Å². The number of hydrazine groups is 1. The van der Waals surface area contributed by atoms with E-state index in [0.29, 0.717) is 9.63 Å². The van der Waals surface area contributed by atoms with Crippen molar-refractivity contribution >= 4 is 33.4 Å². The first-order valence-electron chi connectivity index (χ1n) is 10.8. The molecule has 0 aromatic carbocycles. The van der Waals surface area contributed by atoms with Crippen molar-refractivity contribution in [2.75, 3.05) is 26.7 Å². The van der Waals surface area contributed by atoms with Crippen molar-refractivity contribution in [3.8, 4) is 0 Å². The van der Waals surface area contributed by atoms with E-state index in [1.54, 1.807) is 6.20 Å². The molecule has 170 valence electrons. The average Bonchev–Trinajstić information content (AvgIpc) is 3.31. The van der Waals surface area contributed by atoms with Gasteiger partial charge in [0, 0.05) is 37.8 Å². The van der Waals surface area contributed by atoms with E-state index in [0.717, 1.165) is 38.1 Å². The fourth-order valence-corrected chi connectivity index (χ4v) is 6.24. The van der Waals surface area contributed by atoms with Crippen LogP contribution in [0.3, 0.4) is 0 Å². The smallest absolute Gasteiger partial charge is 0.232 e. The molecule has 5 N–H and O–H groups in total. The molecule has 6 atom stereocenters. The van der Waals surface area contributed by atoms with Crippen molar-refractivity contribution < 1.29 is 9.53 Å². The molecule has 4 unspecified atom stereocenters. The van der Waals surface area contributed by atoms with Crippen LogP contribution in [0.1, 0.15) is 31.4 Å². The van der Waals surface area contributed by atoms with Crippen molar-refractivity contribution in [3.05, 3.63) is 27.5 Å². The van der Waals surface area contributed by atoms with Gasteiger partial charge in [0.2, 0.25) is 5.91 Å². The van der Waals surface area contributed by atoms with Gasteiger partial charge >= 0.3 is 0 Å². The predicted molar refractivity (Wildman–Crippen MR) is 120 cm³/mol. The highest BCUT2D eigenvalue weighted by atomic mass is 79.9. The van der Waals surface area contributed by atoms with Crippen LogP contribution in [0.25, 0.3) is 0 Å². The number of aromatic nitrogens is 1. The lowest BCUT2D eigenvalue weighted by Gasteiger charge is -2.49. The van der Waals surface area contributed by atoms with Gasteiger partial charge in [0.25, 0.3) is 0 Å². The molecule has 1 spiro atoms. The number of carbonyl (C=O) groups is 1. The quantitative estimate of drug-likeness (QED) is 0.429. The summed E-state index contributed by atoms with van der Waals surface area (Å²) in [5, 5.41) is 4.01. The molecule has 9 nitrogen and oxygen atoms in total. The highest BCUT2D eigenvalue weighted by molar-refractivity contribution is 9.10. The third kappa shape index (κ3) is 3.52. The number of ether oxygens (including phenoxy) is 1. The van der Waals surface area contributed by atoms with E-state index >= 15 is 0 Å². The predicted octanol–water partition coefficient (Wildman–Crippen LogP) is 0.762. The molecular formula is C20H29BrClN7O2. The lowest BCUT2D eigenvalue weighted by molar-refractivity contribution is -0.151. The Hall–Kier alpha value is -0.850. The maximum atomic E-state index is 13.5. The van der Waals surface area contributed by atoms with Crippen LogP contribution < -0.4 is 21.9 Å². The topological polar surface area (TPSA) is 108 Å². The maximum Gasteiger partial charge on any atom is 0.232 e. The van der Waals surface area contributed by atoms with Crippen LogP contribution in [-0.4, -0.2) is 72.0 Å². The van der Waals surface area contributed by atoms with E-state index in [4.69, 9.17) is 22.1 Å². The summed E-state index contributed by atoms with van der Waals surface area (Å²) in [6.07, 6.45) is 3.36. The van der Waals surface area contributed by atoms with E-state index in [1.165, 1.54) is 0 Å². The molecule has 11 heteroatoms. The van der Waals surface area contributed by atoms with Gasteiger partial charge in [-0.2, -0.15) is 0 Å². The summed E-state index contributed by atoms with van der Waals surface area (Å²) in [5.41, 5.74) is 14.0. The number of rotatable bonds is 2. The molecular weight excluding hydrogens is 486 g/mol. The number of halogens is 2. The van der Waals surface area contributed by atoms with E-state index < -0.39 is 0 Å². The normalized spacial score (nSPS) is 38.1. The SMILES string of the molecule is C[C@@H]1OCC2(CCN(C3NC4NNC(c5ccnc(Cl)c5Br)C4C(=O)N3C)CC2)[C@@H]1N. The highest BCUT2D eigenvalue weighted by Crippen LogP contribution is 2.42. The van der Waals surface area contributed by atoms with E-state index in [1.807, 2.05) is 18.0 Å². The minimum absolute atomic E-state index is 0.0564. The summed E-state index contributed by atoms with van der Waals surface area (Å²) in [7, 11) is 1.87. The third-order valence-electron chi connectivity index (χ3n) is 7.64. The summed E-state index contributed by atoms with van der Waals surface area (Å²) in [5.74, 6) is -0.212. The number of piperidine rings is 1. The molecule has 31 heavy (non-hydrogen) atoms. The molecule has 5 heterocycles. The van der Waals surface area contributed by atoms with E-state index in [-0.39, 0.29) is 47.9 Å². The van der Waals surface area contributed by atoms with Crippen LogP contribution in [0.2, 0.25) is 5.15 Å². The molecule has 4 aliphatic heterocycles. The molecule has 1 amide bonds. The van der Waals surface area contributed by atoms with Gasteiger partial charge in [-0.25, -0.2) is 15.8 Å². The molecule has 1 aromatic rings. The largest absolute Gasteiger partial charge is 0.376 e. The Morgan fingerprint density at radius 1 is 1.35 bits per heavy atom. The van der Waals surface area contributed by atoms with Crippen molar-refractivity contribution in [1.82, 2.24) is 31.0 Å². The molecule has 0 aliphatic carbocycles. The number of nitrogens with two attached hydrogens (primary N) is 1. The van der Waals surface area contributed by atoms with Gasteiger partial charge in [-0.3, -0.25) is 15.0 Å². The summed E-state index contributed by atoms with van der Waals surface area (Å²) in [6, 6.07) is 1.74. The molecule has 4 fully saturated rings. The van der Waals surface area contributed by atoms with E-state index in [2.05, 4.69) is 48.9 Å². The second-order valence-corrected chi connectivity index (χ2v) is 10.4. The number of nitrogens with zero attached hydrogens (tertiary/aromatic N) is 3. The Morgan fingerprint density at radius 3 is 2.77 bits per heavy atom. The zero-order valence-corrected chi connectivity index (χ0v) is 20.0. The van der Waals surface area contributed by atoms with Gasteiger partial charge < -0.3 is 15.4 Å². The first-order chi connectivity index (χ1) is 14.8. The Labute approximate surface area is 195 Å². The van der Waals surface area contributed by atoms with Crippen LogP contribution in [0.5, 0.6) is 0 Å². The Morgan fingerprint density at radius 2 is 2.10 bits per heavy atom. The molecule has 1 aromatic heterocycles. The molecule has 0 bridgehead atoms. The molecule has 0 radical (unpaired) electrons. The summed E-state index contributed by atoms with van der Waals surface area (Å²) < 4.78 is 6.55. The molecule has 5 rings (SSSR count). The zero-order chi connectivity index (χ0) is 21.9. The summed E-state index contributed by atoms with van der Waals surface area (Å²) in [4.78, 5) is 21.7.